The van der Waals surface area contributed by atoms with E-state index in [2.05, 4.69) is 39.0 Å². The number of carbonyl (C=O) groups is 1. The Morgan fingerprint density at radius 3 is 2.64 bits per heavy atom. The van der Waals surface area contributed by atoms with E-state index >= 15 is 0 Å². The summed E-state index contributed by atoms with van der Waals surface area (Å²) in [5.41, 5.74) is 1.79. The number of hydrogen-bond acceptors (Lipinski definition) is 4. The van der Waals surface area contributed by atoms with Gasteiger partial charge in [0.1, 0.15) is 12.1 Å². The maximum atomic E-state index is 12.9. The summed E-state index contributed by atoms with van der Waals surface area (Å²) in [5.74, 6) is -0.0348. The van der Waals surface area contributed by atoms with Gasteiger partial charge in [0.2, 0.25) is 5.91 Å². The van der Waals surface area contributed by atoms with E-state index in [9.17, 15) is 9.90 Å². The molecule has 3 rings (SSSR count). The highest BCUT2D eigenvalue weighted by Crippen LogP contribution is 2.20. The number of aliphatic hydroxyl groups is 1. The Bertz CT molecular complexity index is 705. The first kappa shape index (κ1) is 18.3. The van der Waals surface area contributed by atoms with Crippen molar-refractivity contribution in [3.63, 3.8) is 0 Å². The van der Waals surface area contributed by atoms with Gasteiger partial charge in [-0.1, -0.05) is 12.1 Å². The summed E-state index contributed by atoms with van der Waals surface area (Å²) in [4.78, 5) is 18.8. The molecule has 2 atom stereocenters. The van der Waals surface area contributed by atoms with Crippen molar-refractivity contribution in [3.05, 3.63) is 63.5 Å². The summed E-state index contributed by atoms with van der Waals surface area (Å²) in [7, 11) is 0. The van der Waals surface area contributed by atoms with Crippen molar-refractivity contribution in [2.45, 2.75) is 31.5 Å². The van der Waals surface area contributed by atoms with Crippen LogP contribution >= 0.6 is 22.6 Å². The molecule has 0 bridgehead atoms. The smallest absolute Gasteiger partial charge is 0.242 e. The molecule has 1 aliphatic rings. The summed E-state index contributed by atoms with van der Waals surface area (Å²) in [6, 6.07) is 11.0. The number of aromatic nitrogens is 1. The van der Waals surface area contributed by atoms with Crippen LogP contribution in [0.25, 0.3) is 0 Å². The van der Waals surface area contributed by atoms with Gasteiger partial charge in [-0.3, -0.25) is 15.1 Å². The number of halogens is 1. The predicted octanol–water partition coefficient (Wildman–Crippen LogP) is 2.50. The van der Waals surface area contributed by atoms with Gasteiger partial charge in [0.05, 0.1) is 0 Å². The van der Waals surface area contributed by atoms with Crippen LogP contribution < -0.4 is 5.32 Å². The number of carbonyl (C=O) groups excluding carboxylic acids is 1. The van der Waals surface area contributed by atoms with Gasteiger partial charge >= 0.3 is 0 Å². The van der Waals surface area contributed by atoms with Crippen molar-refractivity contribution in [2.75, 3.05) is 13.1 Å². The van der Waals surface area contributed by atoms with Crippen LogP contribution in [-0.2, 0) is 11.3 Å². The molecular formula is C19H22IN3O2. The van der Waals surface area contributed by atoms with Gasteiger partial charge < -0.3 is 10.0 Å². The summed E-state index contributed by atoms with van der Waals surface area (Å²) < 4.78 is 1.15. The minimum Gasteiger partial charge on any atom is -0.386 e. The molecule has 1 aromatic carbocycles. The number of nitrogens with one attached hydrogen (secondary N) is 1. The Balaban J connectivity index is 1.77. The molecule has 132 valence electrons. The van der Waals surface area contributed by atoms with Gasteiger partial charge in [-0.2, -0.15) is 0 Å². The average molecular weight is 451 g/mol. The predicted molar refractivity (Wildman–Crippen MR) is 105 cm³/mol. The number of rotatable bonds is 6. The van der Waals surface area contributed by atoms with E-state index in [0.29, 0.717) is 12.1 Å². The highest BCUT2D eigenvalue weighted by molar-refractivity contribution is 14.1. The zero-order valence-electron chi connectivity index (χ0n) is 13.9. The van der Waals surface area contributed by atoms with Gasteiger partial charge in [0.25, 0.3) is 0 Å². The second-order valence-corrected chi connectivity index (χ2v) is 7.49. The fraction of sp³-hybridized carbons (Fsp3) is 0.368. The van der Waals surface area contributed by atoms with E-state index in [1.807, 2.05) is 23.1 Å². The van der Waals surface area contributed by atoms with Gasteiger partial charge in [-0.15, -0.1) is 0 Å². The molecule has 0 saturated carbocycles. The highest BCUT2D eigenvalue weighted by atomic mass is 127. The molecular weight excluding hydrogens is 429 g/mol. The zero-order valence-corrected chi connectivity index (χ0v) is 16.1. The van der Waals surface area contributed by atoms with Gasteiger partial charge in [0, 0.05) is 35.6 Å². The molecule has 2 heterocycles. The number of pyridine rings is 1. The Hall–Kier alpha value is -1.51. The van der Waals surface area contributed by atoms with Crippen LogP contribution in [0.5, 0.6) is 0 Å². The van der Waals surface area contributed by atoms with E-state index in [4.69, 9.17) is 0 Å². The minimum atomic E-state index is -0.904. The largest absolute Gasteiger partial charge is 0.386 e. The van der Waals surface area contributed by atoms with Crippen LogP contribution in [0.3, 0.4) is 0 Å². The molecule has 1 saturated heterocycles. The maximum Gasteiger partial charge on any atom is 0.242 e. The summed E-state index contributed by atoms with van der Waals surface area (Å²) in [6.45, 7) is 2.07. The molecule has 0 radical (unpaired) electrons. The van der Waals surface area contributed by atoms with Crippen molar-refractivity contribution in [2.24, 2.45) is 0 Å². The van der Waals surface area contributed by atoms with Crippen LogP contribution in [0, 0.1) is 3.57 Å². The first-order valence-electron chi connectivity index (χ1n) is 8.50. The molecule has 1 amide bonds. The van der Waals surface area contributed by atoms with Crippen LogP contribution in [0.4, 0.5) is 0 Å². The average Bonchev–Trinajstić information content (AvgIpc) is 3.17. The van der Waals surface area contributed by atoms with Crippen LogP contribution in [0.15, 0.2) is 48.8 Å². The fourth-order valence-electron chi connectivity index (χ4n) is 3.10. The lowest BCUT2D eigenvalue weighted by Crippen LogP contribution is -2.48. The highest BCUT2D eigenvalue weighted by Gasteiger charge is 2.32. The summed E-state index contributed by atoms with van der Waals surface area (Å²) >= 11 is 2.27. The summed E-state index contributed by atoms with van der Waals surface area (Å²) in [6.07, 6.45) is 4.42. The molecule has 6 heteroatoms. The van der Waals surface area contributed by atoms with Gasteiger partial charge in [-0.25, -0.2) is 0 Å². The number of benzene rings is 1. The van der Waals surface area contributed by atoms with Crippen LogP contribution in [0.2, 0.25) is 0 Å². The first-order valence-corrected chi connectivity index (χ1v) is 9.57. The molecule has 2 aromatic rings. The molecule has 25 heavy (non-hydrogen) atoms. The van der Waals surface area contributed by atoms with Gasteiger partial charge in [0.15, 0.2) is 0 Å². The maximum absolute atomic E-state index is 12.9. The van der Waals surface area contributed by atoms with E-state index in [1.165, 1.54) is 0 Å². The number of nitrogens with zero attached hydrogens (tertiary/aromatic N) is 2. The minimum absolute atomic E-state index is 0.0348. The lowest BCUT2D eigenvalue weighted by molar-refractivity contribution is -0.135. The SMILES string of the molecule is O=C(C(NCc1cccc(I)c1)C(O)c1ccncc1)N1CCCC1. The van der Waals surface area contributed by atoms with Crippen molar-refractivity contribution in [1.82, 2.24) is 15.2 Å². The molecule has 2 N–H and O–H groups in total. The normalized spacial score (nSPS) is 16.6. The quantitative estimate of drug-likeness (QED) is 0.663. The fourth-order valence-corrected chi connectivity index (χ4v) is 3.70. The summed E-state index contributed by atoms with van der Waals surface area (Å²) in [5, 5.41) is 14.1. The standard InChI is InChI=1S/C19H22IN3O2/c20-16-5-3-4-14(12-16)13-22-17(19(25)23-10-1-2-11-23)18(24)15-6-8-21-9-7-15/h3-9,12,17-18,22,24H,1-2,10-11,13H2. The van der Waals surface area contributed by atoms with E-state index < -0.39 is 12.1 Å². The van der Waals surface area contributed by atoms with Gasteiger partial charge in [-0.05, 0) is 70.8 Å². The molecule has 0 spiro atoms. The topological polar surface area (TPSA) is 65.5 Å². The van der Waals surface area contributed by atoms with Crippen LogP contribution in [-0.4, -0.2) is 40.0 Å². The molecule has 1 aliphatic heterocycles. The van der Waals surface area contributed by atoms with Crippen molar-refractivity contribution in [1.29, 1.82) is 0 Å². The number of hydrogen-bond donors (Lipinski definition) is 2. The number of amides is 1. The molecule has 2 unspecified atom stereocenters. The Morgan fingerprint density at radius 1 is 1.24 bits per heavy atom. The van der Waals surface area contributed by atoms with E-state index in [1.54, 1.807) is 24.5 Å². The van der Waals surface area contributed by atoms with E-state index in [-0.39, 0.29) is 5.91 Å². The Morgan fingerprint density at radius 2 is 1.96 bits per heavy atom. The third-order valence-electron chi connectivity index (χ3n) is 4.46. The lowest BCUT2D eigenvalue weighted by Gasteiger charge is -2.28. The van der Waals surface area contributed by atoms with Crippen LogP contribution in [0.1, 0.15) is 30.1 Å². The monoisotopic (exact) mass is 451 g/mol. The Kier molecular flexibility index (Phi) is 6.39. The zero-order chi connectivity index (χ0) is 17.6. The third kappa shape index (κ3) is 4.77. The second-order valence-electron chi connectivity index (χ2n) is 6.25. The number of likely N-dealkylation sites (tertiary alicyclic amines) is 1. The molecule has 1 aromatic heterocycles. The second kappa shape index (κ2) is 8.73. The molecule has 5 nitrogen and oxygen atoms in total. The van der Waals surface area contributed by atoms with Crippen molar-refractivity contribution >= 4 is 28.5 Å². The van der Waals surface area contributed by atoms with E-state index in [0.717, 1.165) is 35.1 Å². The third-order valence-corrected chi connectivity index (χ3v) is 5.13. The van der Waals surface area contributed by atoms with Crippen molar-refractivity contribution < 1.29 is 9.90 Å². The lowest BCUT2D eigenvalue weighted by atomic mass is 10.0. The van der Waals surface area contributed by atoms with Crippen molar-refractivity contribution in [3.8, 4) is 0 Å². The Labute approximate surface area is 161 Å². The number of aliphatic hydroxyl groups excluding tert-OH is 1. The molecule has 0 aliphatic carbocycles. The first-order chi connectivity index (χ1) is 12.1. The molecule has 1 fully saturated rings.